The van der Waals surface area contributed by atoms with E-state index in [-0.39, 0.29) is 6.61 Å². The summed E-state index contributed by atoms with van der Waals surface area (Å²) in [7, 11) is 0. The number of furan rings is 1. The Labute approximate surface area is 141 Å². The van der Waals surface area contributed by atoms with Crippen LogP contribution in [0.25, 0.3) is 6.08 Å². The van der Waals surface area contributed by atoms with Gasteiger partial charge in [0.15, 0.2) is 0 Å². The van der Waals surface area contributed by atoms with Gasteiger partial charge in [-0.1, -0.05) is 12.1 Å². The Kier molecular flexibility index (Phi) is 6.05. The zero-order valence-electron chi connectivity index (χ0n) is 13.3. The van der Waals surface area contributed by atoms with Gasteiger partial charge in [-0.05, 0) is 36.1 Å². The highest BCUT2D eigenvalue weighted by Gasteiger charge is 2.26. The lowest BCUT2D eigenvalue weighted by atomic mass is 10.1. The van der Waals surface area contributed by atoms with E-state index >= 15 is 0 Å². The molecule has 5 heteroatoms. The zero-order chi connectivity index (χ0) is 15.9. The summed E-state index contributed by atoms with van der Waals surface area (Å²) < 4.78 is 5.31. The van der Waals surface area contributed by atoms with Crippen LogP contribution in [0.4, 0.5) is 0 Å². The molecule has 1 unspecified atom stereocenters. The first kappa shape index (κ1) is 16.5. The van der Waals surface area contributed by atoms with E-state index in [9.17, 15) is 5.11 Å². The van der Waals surface area contributed by atoms with Gasteiger partial charge in [-0.3, -0.25) is 9.80 Å². The summed E-state index contributed by atoms with van der Waals surface area (Å²) in [5.41, 5.74) is 0. The minimum atomic E-state index is 0.252. The van der Waals surface area contributed by atoms with E-state index in [0.29, 0.717) is 6.04 Å². The summed E-state index contributed by atoms with van der Waals surface area (Å²) in [5.74, 6) is 0.897. The second-order valence-corrected chi connectivity index (χ2v) is 6.93. The number of aliphatic hydroxyl groups excluding tert-OH is 1. The predicted molar refractivity (Wildman–Crippen MR) is 94.4 cm³/mol. The highest BCUT2D eigenvalue weighted by atomic mass is 32.1. The van der Waals surface area contributed by atoms with E-state index in [4.69, 9.17) is 4.42 Å². The smallest absolute Gasteiger partial charge is 0.126 e. The minimum absolute atomic E-state index is 0.252. The van der Waals surface area contributed by atoms with Crippen LogP contribution in [0.1, 0.15) is 17.1 Å². The van der Waals surface area contributed by atoms with Crippen LogP contribution in [-0.2, 0) is 6.54 Å². The molecule has 0 radical (unpaired) electrons. The van der Waals surface area contributed by atoms with Crippen molar-refractivity contribution in [3.8, 4) is 0 Å². The number of hydrogen-bond acceptors (Lipinski definition) is 5. The van der Waals surface area contributed by atoms with E-state index in [2.05, 4.69) is 33.4 Å². The Balaban J connectivity index is 1.53. The Morgan fingerprint density at radius 3 is 3.00 bits per heavy atom. The van der Waals surface area contributed by atoms with E-state index in [0.717, 1.165) is 44.9 Å². The van der Waals surface area contributed by atoms with Gasteiger partial charge in [-0.25, -0.2) is 0 Å². The Bertz CT molecular complexity index is 580. The molecule has 3 rings (SSSR count). The average Bonchev–Trinajstić information content (AvgIpc) is 3.24. The standard InChI is InChI=1S/C18H24N2O2S/c21-11-7-16-14-19(8-1-4-17-5-2-12-22-17)9-10-20(16)15-18-6-3-13-23-18/h1-6,12-13,16,21H,7-11,14-15H2. The topological polar surface area (TPSA) is 39.9 Å². The molecule has 1 aliphatic heterocycles. The molecular formula is C18H24N2O2S. The molecule has 1 fully saturated rings. The van der Waals surface area contributed by atoms with Crippen molar-refractivity contribution in [2.24, 2.45) is 0 Å². The third-order valence-corrected chi connectivity index (χ3v) is 5.14. The zero-order valence-corrected chi connectivity index (χ0v) is 14.1. The quantitative estimate of drug-likeness (QED) is 0.846. The summed E-state index contributed by atoms with van der Waals surface area (Å²) in [4.78, 5) is 6.36. The van der Waals surface area contributed by atoms with Crippen molar-refractivity contribution < 1.29 is 9.52 Å². The van der Waals surface area contributed by atoms with E-state index < -0.39 is 0 Å². The molecule has 0 aliphatic carbocycles. The number of piperazine rings is 1. The maximum absolute atomic E-state index is 9.38. The summed E-state index contributed by atoms with van der Waals surface area (Å²) in [6, 6.07) is 8.59. The molecule has 0 amide bonds. The van der Waals surface area contributed by atoms with Gasteiger partial charge < -0.3 is 9.52 Å². The molecule has 4 nitrogen and oxygen atoms in total. The fourth-order valence-corrected chi connectivity index (χ4v) is 3.79. The van der Waals surface area contributed by atoms with Gasteiger partial charge >= 0.3 is 0 Å². The fraction of sp³-hybridized carbons (Fsp3) is 0.444. The first-order valence-electron chi connectivity index (χ1n) is 8.15. The highest BCUT2D eigenvalue weighted by Crippen LogP contribution is 2.19. The lowest BCUT2D eigenvalue weighted by Crippen LogP contribution is -2.52. The van der Waals surface area contributed by atoms with Crippen LogP contribution in [0, 0.1) is 0 Å². The first-order valence-corrected chi connectivity index (χ1v) is 9.03. The minimum Gasteiger partial charge on any atom is -0.465 e. The van der Waals surface area contributed by atoms with Crippen LogP contribution in [0.3, 0.4) is 0 Å². The molecule has 2 aromatic heterocycles. The predicted octanol–water partition coefficient (Wildman–Crippen LogP) is 2.92. The number of rotatable bonds is 7. The summed E-state index contributed by atoms with van der Waals surface area (Å²) >= 11 is 1.81. The largest absolute Gasteiger partial charge is 0.465 e. The van der Waals surface area contributed by atoms with Crippen molar-refractivity contribution in [1.82, 2.24) is 9.80 Å². The highest BCUT2D eigenvalue weighted by molar-refractivity contribution is 7.09. The Morgan fingerprint density at radius 1 is 1.30 bits per heavy atom. The molecule has 1 aliphatic rings. The van der Waals surface area contributed by atoms with Crippen LogP contribution in [0.15, 0.2) is 46.4 Å². The van der Waals surface area contributed by atoms with E-state index in [1.54, 1.807) is 6.26 Å². The third-order valence-electron chi connectivity index (χ3n) is 4.28. The second kappa shape index (κ2) is 8.45. The van der Waals surface area contributed by atoms with Gasteiger partial charge in [0.05, 0.1) is 6.26 Å². The van der Waals surface area contributed by atoms with Crippen LogP contribution < -0.4 is 0 Å². The average molecular weight is 332 g/mol. The fourth-order valence-electron chi connectivity index (χ4n) is 3.06. The van der Waals surface area contributed by atoms with Gasteiger partial charge in [-0.15, -0.1) is 11.3 Å². The Hall–Kier alpha value is -1.40. The van der Waals surface area contributed by atoms with Crippen LogP contribution in [-0.4, -0.2) is 53.7 Å². The molecule has 2 aromatic rings. The van der Waals surface area contributed by atoms with Crippen LogP contribution in [0.2, 0.25) is 0 Å². The number of aliphatic hydroxyl groups is 1. The van der Waals surface area contributed by atoms with Crippen molar-refractivity contribution in [2.45, 2.75) is 19.0 Å². The van der Waals surface area contributed by atoms with Gasteiger partial charge in [0.1, 0.15) is 5.76 Å². The normalized spacial score (nSPS) is 20.5. The van der Waals surface area contributed by atoms with E-state index in [1.807, 2.05) is 29.5 Å². The van der Waals surface area contributed by atoms with Crippen molar-refractivity contribution in [2.75, 3.05) is 32.8 Å². The van der Waals surface area contributed by atoms with Crippen molar-refractivity contribution in [3.63, 3.8) is 0 Å². The lowest BCUT2D eigenvalue weighted by Gasteiger charge is -2.41. The molecule has 3 heterocycles. The molecule has 0 spiro atoms. The maximum Gasteiger partial charge on any atom is 0.126 e. The summed E-state index contributed by atoms with van der Waals surface area (Å²) in [6.45, 7) is 5.30. The lowest BCUT2D eigenvalue weighted by molar-refractivity contribution is 0.0604. The maximum atomic E-state index is 9.38. The van der Waals surface area contributed by atoms with Crippen molar-refractivity contribution in [1.29, 1.82) is 0 Å². The number of thiophene rings is 1. The van der Waals surface area contributed by atoms with Crippen LogP contribution >= 0.6 is 11.3 Å². The summed E-state index contributed by atoms with van der Waals surface area (Å²) in [6.07, 6.45) is 6.72. The monoisotopic (exact) mass is 332 g/mol. The van der Waals surface area contributed by atoms with Gasteiger partial charge in [0.2, 0.25) is 0 Å². The molecule has 0 aromatic carbocycles. The first-order chi connectivity index (χ1) is 11.3. The molecule has 23 heavy (non-hydrogen) atoms. The third kappa shape index (κ3) is 4.78. The SMILES string of the molecule is OCCC1CN(CC=Cc2ccco2)CCN1Cc1cccs1. The van der Waals surface area contributed by atoms with Crippen molar-refractivity contribution >= 4 is 17.4 Å². The summed E-state index contributed by atoms with van der Waals surface area (Å²) in [5, 5.41) is 11.5. The van der Waals surface area contributed by atoms with E-state index in [1.165, 1.54) is 4.88 Å². The molecule has 1 atom stereocenters. The van der Waals surface area contributed by atoms with Gasteiger partial charge in [0, 0.05) is 50.2 Å². The molecule has 1 saturated heterocycles. The van der Waals surface area contributed by atoms with Gasteiger partial charge in [-0.2, -0.15) is 0 Å². The molecule has 124 valence electrons. The molecular weight excluding hydrogens is 308 g/mol. The van der Waals surface area contributed by atoms with Crippen LogP contribution in [0.5, 0.6) is 0 Å². The molecule has 0 bridgehead atoms. The van der Waals surface area contributed by atoms with Crippen molar-refractivity contribution in [3.05, 3.63) is 52.6 Å². The number of nitrogens with zero attached hydrogens (tertiary/aromatic N) is 2. The van der Waals surface area contributed by atoms with Gasteiger partial charge in [0.25, 0.3) is 0 Å². The molecule has 1 N–H and O–H groups in total. The molecule has 0 saturated carbocycles. The second-order valence-electron chi connectivity index (χ2n) is 5.89. The Morgan fingerprint density at radius 2 is 2.26 bits per heavy atom. The number of hydrogen-bond donors (Lipinski definition) is 1.